The van der Waals surface area contributed by atoms with Crippen molar-refractivity contribution in [2.75, 3.05) is 13.1 Å². The second-order valence-electron chi connectivity index (χ2n) is 6.65. The van der Waals surface area contributed by atoms with Crippen LogP contribution in [-0.2, 0) is 9.53 Å². The maximum absolute atomic E-state index is 12.3. The van der Waals surface area contributed by atoms with Crippen LogP contribution in [0.15, 0.2) is 0 Å². The second kappa shape index (κ2) is 5.60. The average molecular weight is 286 g/mol. The Labute approximate surface area is 120 Å². The molecule has 0 unspecified atom stereocenters. The Bertz CT molecular complexity index is 383. The molecule has 0 aromatic carbocycles. The van der Waals surface area contributed by atoms with Crippen LogP contribution in [-0.4, -0.2) is 52.8 Å². The number of amides is 2. The number of hydrogen-bond acceptors (Lipinski definition) is 3. The number of carboxylic acid groups (broad SMARTS) is 1. The van der Waals surface area contributed by atoms with E-state index in [9.17, 15) is 14.7 Å². The highest BCUT2D eigenvalue weighted by Crippen LogP contribution is 2.31. The van der Waals surface area contributed by atoms with Crippen LogP contribution in [0.3, 0.4) is 0 Å². The normalized spacial score (nSPS) is 24.4. The fraction of sp³-hybridized carbons (Fsp3) is 0.857. The third-order valence-corrected chi connectivity index (χ3v) is 4.22. The monoisotopic (exact) mass is 286 g/mol. The zero-order valence-electron chi connectivity index (χ0n) is 13.2. The van der Waals surface area contributed by atoms with E-state index in [0.717, 1.165) is 0 Å². The van der Waals surface area contributed by atoms with Crippen LogP contribution < -0.4 is 5.32 Å². The molecule has 0 radical (unpaired) electrons. The van der Waals surface area contributed by atoms with Gasteiger partial charge in [-0.2, -0.15) is 0 Å². The van der Waals surface area contributed by atoms with E-state index in [4.69, 9.17) is 4.74 Å². The van der Waals surface area contributed by atoms with Crippen molar-refractivity contribution in [3.63, 3.8) is 0 Å². The van der Waals surface area contributed by atoms with Crippen molar-refractivity contribution < 1.29 is 19.4 Å². The second-order valence-corrected chi connectivity index (χ2v) is 6.65. The standard InChI is InChI=1S/C14H26N2O4/c1-9-7-16(8-10(2)20-9)12(19)15-14(5,6)13(3,4)11(17)18/h9-10H,7-8H2,1-6H3,(H,15,19)(H,17,18)/t9-,10+. The van der Waals surface area contributed by atoms with Crippen molar-refractivity contribution in [2.24, 2.45) is 5.41 Å². The number of carbonyl (C=O) groups excluding carboxylic acids is 1. The molecule has 1 aliphatic rings. The van der Waals surface area contributed by atoms with Crippen molar-refractivity contribution >= 4 is 12.0 Å². The number of hydrogen-bond donors (Lipinski definition) is 2. The average Bonchev–Trinajstić information content (AvgIpc) is 2.26. The highest BCUT2D eigenvalue weighted by atomic mass is 16.5. The highest BCUT2D eigenvalue weighted by Gasteiger charge is 2.45. The number of rotatable bonds is 3. The van der Waals surface area contributed by atoms with Crippen LogP contribution in [0.2, 0.25) is 0 Å². The summed E-state index contributed by atoms with van der Waals surface area (Å²) in [4.78, 5) is 25.4. The Morgan fingerprint density at radius 2 is 1.60 bits per heavy atom. The van der Waals surface area contributed by atoms with Crippen LogP contribution in [0.5, 0.6) is 0 Å². The molecule has 2 atom stereocenters. The lowest BCUT2D eigenvalue weighted by Gasteiger charge is -2.42. The first-order valence-corrected chi connectivity index (χ1v) is 6.93. The van der Waals surface area contributed by atoms with Gasteiger partial charge in [0.25, 0.3) is 0 Å². The molecule has 0 bridgehead atoms. The molecule has 1 rings (SSSR count). The third-order valence-electron chi connectivity index (χ3n) is 4.22. The third kappa shape index (κ3) is 3.42. The summed E-state index contributed by atoms with van der Waals surface area (Å²) in [6.45, 7) is 11.5. The zero-order chi connectivity index (χ0) is 15.7. The molecule has 0 saturated carbocycles. The molecule has 6 nitrogen and oxygen atoms in total. The van der Waals surface area contributed by atoms with Crippen molar-refractivity contribution in [2.45, 2.75) is 59.3 Å². The minimum atomic E-state index is -1.06. The number of carboxylic acids is 1. The number of ether oxygens (including phenoxy) is 1. The largest absolute Gasteiger partial charge is 0.481 e. The fourth-order valence-electron chi connectivity index (χ4n) is 2.11. The van der Waals surface area contributed by atoms with Gasteiger partial charge in [-0.1, -0.05) is 0 Å². The van der Waals surface area contributed by atoms with E-state index in [1.165, 1.54) is 0 Å². The summed E-state index contributed by atoms with van der Waals surface area (Å²) in [5.41, 5.74) is -1.92. The van der Waals surface area contributed by atoms with Gasteiger partial charge in [0.15, 0.2) is 0 Å². The summed E-state index contributed by atoms with van der Waals surface area (Å²) in [5, 5.41) is 12.1. The summed E-state index contributed by atoms with van der Waals surface area (Å²) in [6.07, 6.45) is -0.0276. The van der Waals surface area contributed by atoms with Gasteiger partial charge in [0.1, 0.15) is 0 Å². The first-order chi connectivity index (χ1) is 8.97. The molecule has 2 N–H and O–H groups in total. The summed E-state index contributed by atoms with van der Waals surface area (Å²) in [6, 6.07) is -0.244. The van der Waals surface area contributed by atoms with Crippen molar-refractivity contribution in [3.8, 4) is 0 Å². The van der Waals surface area contributed by atoms with Gasteiger partial charge in [0.05, 0.1) is 23.2 Å². The van der Waals surface area contributed by atoms with Gasteiger partial charge in [-0.05, 0) is 41.5 Å². The number of nitrogens with zero attached hydrogens (tertiary/aromatic N) is 1. The molecule has 20 heavy (non-hydrogen) atoms. The van der Waals surface area contributed by atoms with E-state index in [1.54, 1.807) is 32.6 Å². The minimum absolute atomic E-state index is 0.0138. The first kappa shape index (κ1) is 16.8. The number of morpholine rings is 1. The number of carbonyl (C=O) groups is 2. The Morgan fingerprint density at radius 3 is 2.00 bits per heavy atom. The molecule has 0 aromatic heterocycles. The van der Waals surface area contributed by atoms with Gasteiger partial charge >= 0.3 is 12.0 Å². The molecular weight excluding hydrogens is 260 g/mol. The quantitative estimate of drug-likeness (QED) is 0.827. The van der Waals surface area contributed by atoms with Crippen molar-refractivity contribution in [1.82, 2.24) is 10.2 Å². The van der Waals surface area contributed by atoms with E-state index >= 15 is 0 Å². The number of nitrogens with one attached hydrogen (secondary N) is 1. The topological polar surface area (TPSA) is 78.9 Å². The predicted molar refractivity (Wildman–Crippen MR) is 75.6 cm³/mol. The predicted octanol–water partition coefficient (Wildman–Crippen LogP) is 1.69. The molecular formula is C14H26N2O4. The fourth-order valence-corrected chi connectivity index (χ4v) is 2.11. The lowest BCUT2D eigenvalue weighted by Crippen LogP contribution is -2.61. The van der Waals surface area contributed by atoms with Crippen LogP contribution in [0.4, 0.5) is 4.79 Å². The van der Waals surface area contributed by atoms with Crippen LogP contribution in [0.25, 0.3) is 0 Å². The summed E-state index contributed by atoms with van der Waals surface area (Å²) in [5.74, 6) is -0.938. The Hall–Kier alpha value is -1.30. The summed E-state index contributed by atoms with van der Waals surface area (Å²) >= 11 is 0. The highest BCUT2D eigenvalue weighted by molar-refractivity contribution is 5.79. The van der Waals surface area contributed by atoms with E-state index in [0.29, 0.717) is 13.1 Å². The molecule has 1 saturated heterocycles. The van der Waals surface area contributed by atoms with Gasteiger partial charge < -0.3 is 20.1 Å². The van der Waals surface area contributed by atoms with Gasteiger partial charge in [-0.3, -0.25) is 4.79 Å². The van der Waals surface area contributed by atoms with Crippen LogP contribution in [0, 0.1) is 5.41 Å². The molecule has 0 spiro atoms. The van der Waals surface area contributed by atoms with E-state index in [2.05, 4.69) is 5.32 Å². The number of aliphatic carboxylic acids is 1. The molecule has 6 heteroatoms. The van der Waals surface area contributed by atoms with Crippen LogP contribution in [0.1, 0.15) is 41.5 Å². The molecule has 0 aromatic rings. The Balaban J connectivity index is 2.77. The molecule has 0 aliphatic carbocycles. The summed E-state index contributed by atoms with van der Waals surface area (Å²) < 4.78 is 5.59. The van der Waals surface area contributed by atoms with Gasteiger partial charge in [0.2, 0.25) is 0 Å². The van der Waals surface area contributed by atoms with Crippen molar-refractivity contribution in [1.29, 1.82) is 0 Å². The first-order valence-electron chi connectivity index (χ1n) is 6.93. The maximum Gasteiger partial charge on any atom is 0.318 e. The van der Waals surface area contributed by atoms with Gasteiger partial charge in [-0.15, -0.1) is 0 Å². The lowest BCUT2D eigenvalue weighted by atomic mass is 9.74. The molecule has 1 aliphatic heterocycles. The molecule has 2 amide bonds. The zero-order valence-corrected chi connectivity index (χ0v) is 13.2. The Kier molecular flexibility index (Phi) is 4.69. The number of urea groups is 1. The van der Waals surface area contributed by atoms with Gasteiger partial charge in [0, 0.05) is 13.1 Å². The van der Waals surface area contributed by atoms with Crippen LogP contribution >= 0.6 is 0 Å². The maximum atomic E-state index is 12.3. The van der Waals surface area contributed by atoms with E-state index in [1.807, 2.05) is 13.8 Å². The molecule has 1 heterocycles. The molecule has 116 valence electrons. The van der Waals surface area contributed by atoms with E-state index < -0.39 is 16.9 Å². The minimum Gasteiger partial charge on any atom is -0.481 e. The smallest absolute Gasteiger partial charge is 0.318 e. The molecule has 1 fully saturated rings. The van der Waals surface area contributed by atoms with Crippen molar-refractivity contribution in [3.05, 3.63) is 0 Å². The van der Waals surface area contributed by atoms with E-state index in [-0.39, 0.29) is 18.2 Å². The lowest BCUT2D eigenvalue weighted by molar-refractivity contribution is -0.150. The van der Waals surface area contributed by atoms with Gasteiger partial charge in [-0.25, -0.2) is 4.79 Å². The Morgan fingerprint density at radius 1 is 1.15 bits per heavy atom. The SMILES string of the molecule is C[C@@H]1CN(C(=O)NC(C)(C)C(C)(C)C(=O)O)C[C@H](C)O1. The summed E-state index contributed by atoms with van der Waals surface area (Å²) in [7, 11) is 0.